The Kier molecular flexibility index (Phi) is 4.77. The molecule has 6 rings (SSSR count). The van der Waals surface area contributed by atoms with Crippen LogP contribution < -0.4 is 14.3 Å². The van der Waals surface area contributed by atoms with E-state index in [1.807, 2.05) is 53.9 Å². The number of fused-ring (bicyclic) bond motifs is 2. The summed E-state index contributed by atoms with van der Waals surface area (Å²) >= 11 is 1.42. The predicted molar refractivity (Wildman–Crippen MR) is 125 cm³/mol. The van der Waals surface area contributed by atoms with Crippen LogP contribution in [0.4, 0.5) is 10.1 Å². The van der Waals surface area contributed by atoms with Crippen molar-refractivity contribution < 1.29 is 18.3 Å². The third-order valence-electron chi connectivity index (χ3n) is 5.13. The van der Waals surface area contributed by atoms with Gasteiger partial charge < -0.3 is 13.9 Å². The van der Waals surface area contributed by atoms with Crippen molar-refractivity contribution in [3.8, 4) is 23.0 Å². The standard InChI is InChI=1S/C25H16FN3O3S/c26-18-6-8-19(9-7-18)28-25-29(27-13-16-5-10-22-24(11-16)31-15-30-22)20(14-33-25)23-12-17-3-1-2-4-21(17)32-23/h1-14H,15H2. The van der Waals surface area contributed by atoms with E-state index in [9.17, 15) is 4.39 Å². The van der Waals surface area contributed by atoms with Gasteiger partial charge >= 0.3 is 0 Å². The number of furan rings is 1. The molecule has 0 radical (unpaired) electrons. The van der Waals surface area contributed by atoms with Crippen molar-refractivity contribution in [3.63, 3.8) is 0 Å². The smallest absolute Gasteiger partial charge is 0.231 e. The molecular formula is C25H16FN3O3S. The fourth-order valence-corrected chi connectivity index (χ4v) is 4.35. The zero-order chi connectivity index (χ0) is 22.2. The molecule has 5 aromatic rings. The predicted octanol–water partition coefficient (Wildman–Crippen LogP) is 5.95. The van der Waals surface area contributed by atoms with Gasteiger partial charge in [0.2, 0.25) is 11.6 Å². The van der Waals surface area contributed by atoms with E-state index >= 15 is 0 Å². The molecule has 0 aliphatic carbocycles. The zero-order valence-corrected chi connectivity index (χ0v) is 18.0. The highest BCUT2D eigenvalue weighted by molar-refractivity contribution is 7.07. The van der Waals surface area contributed by atoms with Gasteiger partial charge in [0, 0.05) is 10.8 Å². The normalized spacial score (nSPS) is 13.4. The SMILES string of the molecule is Fc1ccc(N=c2scc(-c3cc4ccccc4o3)n2N=Cc2ccc3c(c2)OCO3)cc1. The topological polar surface area (TPSA) is 61.2 Å². The van der Waals surface area contributed by atoms with Crippen LogP contribution >= 0.6 is 11.3 Å². The molecule has 1 aliphatic heterocycles. The number of halogens is 1. The van der Waals surface area contributed by atoms with Crippen LogP contribution in [0.25, 0.3) is 22.4 Å². The maximum absolute atomic E-state index is 13.3. The first-order valence-electron chi connectivity index (χ1n) is 10.2. The van der Waals surface area contributed by atoms with Crippen molar-refractivity contribution >= 4 is 34.2 Å². The van der Waals surface area contributed by atoms with Gasteiger partial charge in [-0.05, 0) is 60.2 Å². The number of benzene rings is 3. The lowest BCUT2D eigenvalue weighted by molar-refractivity contribution is 0.174. The van der Waals surface area contributed by atoms with E-state index in [-0.39, 0.29) is 12.6 Å². The van der Waals surface area contributed by atoms with E-state index in [2.05, 4.69) is 4.99 Å². The average molecular weight is 457 g/mol. The lowest BCUT2D eigenvalue weighted by Gasteiger charge is -2.01. The van der Waals surface area contributed by atoms with Crippen LogP contribution in [0.5, 0.6) is 11.5 Å². The number of hydrogen-bond donors (Lipinski definition) is 0. The maximum Gasteiger partial charge on any atom is 0.231 e. The van der Waals surface area contributed by atoms with Crippen LogP contribution in [0.1, 0.15) is 5.56 Å². The molecule has 6 nitrogen and oxygen atoms in total. The lowest BCUT2D eigenvalue weighted by atomic mass is 10.2. The highest BCUT2D eigenvalue weighted by Gasteiger charge is 2.14. The molecule has 1 aliphatic rings. The van der Waals surface area contributed by atoms with Crippen molar-refractivity contribution in [1.82, 2.24) is 4.68 Å². The molecule has 162 valence electrons. The molecule has 0 amide bonds. The van der Waals surface area contributed by atoms with Crippen molar-refractivity contribution in [2.75, 3.05) is 6.79 Å². The van der Waals surface area contributed by atoms with Crippen molar-refractivity contribution in [1.29, 1.82) is 0 Å². The molecule has 2 aromatic heterocycles. The fraction of sp³-hybridized carbons (Fsp3) is 0.0400. The van der Waals surface area contributed by atoms with E-state index in [0.717, 1.165) is 22.2 Å². The van der Waals surface area contributed by atoms with Crippen molar-refractivity contribution in [2.45, 2.75) is 0 Å². The number of hydrogen-bond acceptors (Lipinski definition) is 6. The van der Waals surface area contributed by atoms with E-state index < -0.39 is 0 Å². The van der Waals surface area contributed by atoms with Crippen LogP contribution in [0.3, 0.4) is 0 Å². The molecule has 3 aromatic carbocycles. The molecular weight excluding hydrogens is 441 g/mol. The summed E-state index contributed by atoms with van der Waals surface area (Å²) in [5, 5.41) is 7.64. The van der Waals surface area contributed by atoms with Crippen LogP contribution in [0.2, 0.25) is 0 Å². The largest absolute Gasteiger partial charge is 0.454 e. The second-order valence-corrected chi connectivity index (χ2v) is 8.15. The molecule has 0 spiro atoms. The molecule has 33 heavy (non-hydrogen) atoms. The van der Waals surface area contributed by atoms with Crippen LogP contribution in [-0.2, 0) is 0 Å². The summed E-state index contributed by atoms with van der Waals surface area (Å²) in [7, 11) is 0. The Bertz CT molecular complexity index is 1530. The van der Waals surface area contributed by atoms with Crippen LogP contribution in [0.15, 0.2) is 92.7 Å². The number of para-hydroxylation sites is 1. The van der Waals surface area contributed by atoms with Gasteiger partial charge in [0.05, 0.1) is 11.9 Å². The molecule has 0 N–H and O–H groups in total. The van der Waals surface area contributed by atoms with Gasteiger partial charge in [-0.15, -0.1) is 11.3 Å². The van der Waals surface area contributed by atoms with Gasteiger partial charge in [0.15, 0.2) is 17.3 Å². The minimum Gasteiger partial charge on any atom is -0.454 e. The van der Waals surface area contributed by atoms with Gasteiger partial charge in [-0.25, -0.2) is 14.1 Å². The first-order chi connectivity index (χ1) is 16.2. The van der Waals surface area contributed by atoms with Gasteiger partial charge in [-0.1, -0.05) is 18.2 Å². The Hall–Kier alpha value is -4.17. The van der Waals surface area contributed by atoms with Gasteiger partial charge in [0.25, 0.3) is 0 Å². The number of aromatic nitrogens is 1. The van der Waals surface area contributed by atoms with E-state index in [0.29, 0.717) is 27.7 Å². The molecule has 0 saturated heterocycles. The Morgan fingerprint density at radius 2 is 1.79 bits per heavy atom. The Labute approximate surface area is 191 Å². The molecule has 0 atom stereocenters. The highest BCUT2D eigenvalue weighted by Crippen LogP contribution is 2.32. The van der Waals surface area contributed by atoms with Crippen molar-refractivity contribution in [3.05, 3.63) is 94.4 Å². The molecule has 0 unspecified atom stereocenters. The molecule has 3 heterocycles. The summed E-state index contributed by atoms with van der Waals surface area (Å²) in [6.45, 7) is 0.214. The van der Waals surface area contributed by atoms with Gasteiger partial charge in [-0.2, -0.15) is 5.10 Å². The first kappa shape index (κ1) is 19.5. The van der Waals surface area contributed by atoms with Crippen LogP contribution in [0, 0.1) is 5.82 Å². The number of nitrogens with zero attached hydrogens (tertiary/aromatic N) is 3. The Morgan fingerprint density at radius 1 is 0.939 bits per heavy atom. The minimum atomic E-state index is -0.309. The highest BCUT2D eigenvalue weighted by atomic mass is 32.1. The third kappa shape index (κ3) is 3.81. The molecule has 0 bridgehead atoms. The average Bonchev–Trinajstić information content (AvgIpc) is 3.56. The second-order valence-electron chi connectivity index (χ2n) is 7.31. The first-order valence-corrected chi connectivity index (χ1v) is 11.0. The Balaban J connectivity index is 1.47. The molecule has 0 saturated carbocycles. The third-order valence-corrected chi connectivity index (χ3v) is 5.95. The quantitative estimate of drug-likeness (QED) is 0.314. The van der Waals surface area contributed by atoms with Gasteiger partial charge in [0.1, 0.15) is 17.1 Å². The second kappa shape index (κ2) is 8.07. The fourth-order valence-electron chi connectivity index (χ4n) is 3.51. The van der Waals surface area contributed by atoms with E-state index in [4.69, 9.17) is 19.0 Å². The monoisotopic (exact) mass is 457 g/mol. The zero-order valence-electron chi connectivity index (χ0n) is 17.1. The number of rotatable bonds is 4. The lowest BCUT2D eigenvalue weighted by Crippen LogP contribution is -2.11. The van der Waals surface area contributed by atoms with E-state index in [1.54, 1.807) is 23.0 Å². The van der Waals surface area contributed by atoms with Crippen molar-refractivity contribution in [2.24, 2.45) is 10.1 Å². The summed E-state index contributed by atoms with van der Waals surface area (Å²) < 4.78 is 32.0. The minimum absolute atomic E-state index is 0.214. The summed E-state index contributed by atoms with van der Waals surface area (Å²) in [5.74, 6) is 1.76. The Morgan fingerprint density at radius 3 is 2.67 bits per heavy atom. The number of thiazole rings is 1. The van der Waals surface area contributed by atoms with Gasteiger partial charge in [-0.3, -0.25) is 0 Å². The summed E-state index contributed by atoms with van der Waals surface area (Å²) in [6.07, 6.45) is 1.73. The molecule has 0 fully saturated rings. The number of ether oxygens (including phenoxy) is 2. The summed E-state index contributed by atoms with van der Waals surface area (Å²) in [6, 6.07) is 21.5. The van der Waals surface area contributed by atoms with E-state index in [1.165, 1.54) is 23.5 Å². The summed E-state index contributed by atoms with van der Waals surface area (Å²) in [5.41, 5.74) is 3.03. The maximum atomic E-state index is 13.3. The van der Waals surface area contributed by atoms with Crippen LogP contribution in [-0.4, -0.2) is 17.7 Å². The summed E-state index contributed by atoms with van der Waals surface area (Å²) in [4.78, 5) is 5.29. The molecule has 8 heteroatoms.